The fourth-order valence-electron chi connectivity index (χ4n) is 1.97. The Hall–Kier alpha value is -1.61. The van der Waals surface area contributed by atoms with Crippen LogP contribution in [-0.4, -0.2) is 42.5 Å². The van der Waals surface area contributed by atoms with Gasteiger partial charge in [-0.2, -0.15) is 5.10 Å². The number of ether oxygens (including phenoxy) is 1. The fourth-order valence-corrected chi connectivity index (χ4v) is 3.34. The summed E-state index contributed by atoms with van der Waals surface area (Å²) < 4.78 is 33.1. The Morgan fingerprint density at radius 2 is 2.47 bits per heavy atom. The first-order valence-electron chi connectivity index (χ1n) is 5.87. The van der Waals surface area contributed by atoms with Crippen LogP contribution in [0.25, 0.3) is 0 Å². The average Bonchev–Trinajstić information content (AvgIpc) is 2.89. The Bertz CT molecular complexity index is 574. The summed E-state index contributed by atoms with van der Waals surface area (Å²) in [6, 6.07) is 0. The lowest BCUT2D eigenvalue weighted by molar-refractivity contribution is 0.127. The van der Waals surface area contributed by atoms with Gasteiger partial charge in [0, 0.05) is 13.7 Å². The molecule has 4 N–H and O–H groups in total. The Labute approximate surface area is 111 Å². The maximum atomic E-state index is 12.0. The third-order valence-corrected chi connectivity index (χ3v) is 4.23. The van der Waals surface area contributed by atoms with E-state index in [9.17, 15) is 8.42 Å². The monoisotopic (exact) mass is 287 g/mol. The molecular weight excluding hydrogens is 270 g/mol. The molecule has 1 atom stereocenters. The second-order valence-electron chi connectivity index (χ2n) is 4.46. The molecule has 1 aliphatic rings. The molecule has 1 saturated heterocycles. The van der Waals surface area contributed by atoms with Crippen LogP contribution >= 0.6 is 0 Å². The molecule has 0 bridgehead atoms. The molecule has 1 aromatic heterocycles. The van der Waals surface area contributed by atoms with Crippen molar-refractivity contribution in [2.75, 3.05) is 17.1 Å². The molecule has 0 amide bonds. The maximum absolute atomic E-state index is 12.0. The maximum Gasteiger partial charge on any atom is 0.236 e. The summed E-state index contributed by atoms with van der Waals surface area (Å²) in [5.74, 6) is -0.136. The van der Waals surface area contributed by atoms with Crippen molar-refractivity contribution in [3.05, 3.63) is 11.8 Å². The van der Waals surface area contributed by atoms with Gasteiger partial charge in [0.2, 0.25) is 10.0 Å². The minimum Gasteiger partial charge on any atom is -0.384 e. The first-order chi connectivity index (χ1) is 8.89. The largest absolute Gasteiger partial charge is 0.384 e. The molecule has 19 heavy (non-hydrogen) atoms. The number of anilines is 1. The van der Waals surface area contributed by atoms with Crippen LogP contribution in [0.4, 0.5) is 5.82 Å². The summed E-state index contributed by atoms with van der Waals surface area (Å²) >= 11 is 0. The van der Waals surface area contributed by atoms with Crippen LogP contribution in [0.15, 0.2) is 6.20 Å². The standard InChI is InChI=1S/C10H17N5O3S/c1-15-10(8(5-13-15)9(11)12)14-19(16,17)6-7-3-2-4-18-7/h5,7,14H,2-4,6H2,1H3,(H3,11,12). The minimum absolute atomic E-state index is 0.102. The van der Waals surface area contributed by atoms with Gasteiger partial charge in [-0.1, -0.05) is 0 Å². The van der Waals surface area contributed by atoms with E-state index in [1.54, 1.807) is 7.05 Å². The molecule has 8 nitrogen and oxygen atoms in total. The number of amidine groups is 1. The number of nitrogens with zero attached hydrogens (tertiary/aromatic N) is 2. The van der Waals surface area contributed by atoms with Crippen molar-refractivity contribution in [2.24, 2.45) is 12.8 Å². The molecule has 1 aliphatic heterocycles. The smallest absolute Gasteiger partial charge is 0.236 e. The van der Waals surface area contributed by atoms with Gasteiger partial charge < -0.3 is 10.5 Å². The number of hydrogen-bond acceptors (Lipinski definition) is 5. The van der Waals surface area contributed by atoms with E-state index in [4.69, 9.17) is 15.9 Å². The minimum atomic E-state index is -3.55. The van der Waals surface area contributed by atoms with Crippen LogP contribution in [-0.2, 0) is 21.8 Å². The van der Waals surface area contributed by atoms with E-state index in [0.29, 0.717) is 6.61 Å². The molecule has 2 rings (SSSR count). The van der Waals surface area contributed by atoms with E-state index in [1.165, 1.54) is 10.9 Å². The van der Waals surface area contributed by atoms with Gasteiger partial charge in [-0.25, -0.2) is 8.42 Å². The van der Waals surface area contributed by atoms with Crippen LogP contribution in [0.1, 0.15) is 18.4 Å². The fraction of sp³-hybridized carbons (Fsp3) is 0.600. The molecule has 9 heteroatoms. The number of nitrogens with one attached hydrogen (secondary N) is 2. The Morgan fingerprint density at radius 3 is 3.05 bits per heavy atom. The third-order valence-electron chi connectivity index (χ3n) is 2.91. The Balaban J connectivity index is 2.15. The number of nitrogens with two attached hydrogens (primary N) is 1. The number of sulfonamides is 1. The lowest BCUT2D eigenvalue weighted by Gasteiger charge is -2.13. The van der Waals surface area contributed by atoms with Gasteiger partial charge in [0.25, 0.3) is 0 Å². The lowest BCUT2D eigenvalue weighted by atomic mass is 10.3. The molecular formula is C10H17N5O3S. The lowest BCUT2D eigenvalue weighted by Crippen LogP contribution is -2.27. The van der Waals surface area contributed by atoms with Gasteiger partial charge >= 0.3 is 0 Å². The van der Waals surface area contributed by atoms with Gasteiger partial charge in [0.15, 0.2) is 0 Å². The highest BCUT2D eigenvalue weighted by Crippen LogP contribution is 2.18. The molecule has 2 heterocycles. The van der Waals surface area contributed by atoms with Crippen molar-refractivity contribution in [3.8, 4) is 0 Å². The number of rotatable bonds is 5. The van der Waals surface area contributed by atoms with E-state index >= 15 is 0 Å². The molecule has 0 aliphatic carbocycles. The van der Waals surface area contributed by atoms with Crippen LogP contribution in [0.3, 0.4) is 0 Å². The zero-order chi connectivity index (χ0) is 14.0. The van der Waals surface area contributed by atoms with Crippen molar-refractivity contribution in [1.82, 2.24) is 9.78 Å². The van der Waals surface area contributed by atoms with Gasteiger partial charge in [-0.05, 0) is 12.8 Å². The van der Waals surface area contributed by atoms with Gasteiger partial charge in [0.05, 0.1) is 23.6 Å². The molecule has 0 saturated carbocycles. The Kier molecular flexibility index (Phi) is 3.76. The van der Waals surface area contributed by atoms with Crippen molar-refractivity contribution >= 4 is 21.7 Å². The number of nitrogen functional groups attached to an aromatic ring is 1. The van der Waals surface area contributed by atoms with E-state index < -0.39 is 10.0 Å². The van der Waals surface area contributed by atoms with E-state index in [-0.39, 0.29) is 29.1 Å². The Morgan fingerprint density at radius 1 is 1.74 bits per heavy atom. The molecule has 0 aromatic carbocycles. The van der Waals surface area contributed by atoms with Crippen LogP contribution in [0, 0.1) is 5.41 Å². The van der Waals surface area contributed by atoms with Crippen LogP contribution in [0.5, 0.6) is 0 Å². The van der Waals surface area contributed by atoms with Gasteiger partial charge in [0.1, 0.15) is 11.7 Å². The second-order valence-corrected chi connectivity index (χ2v) is 6.23. The zero-order valence-electron chi connectivity index (χ0n) is 10.6. The van der Waals surface area contributed by atoms with E-state index in [0.717, 1.165) is 12.8 Å². The topological polar surface area (TPSA) is 123 Å². The summed E-state index contributed by atoms with van der Waals surface area (Å²) in [6.45, 7) is 0.602. The summed E-state index contributed by atoms with van der Waals surface area (Å²) in [6.07, 6.45) is 2.70. The SMILES string of the molecule is Cn1ncc(C(=N)N)c1NS(=O)(=O)CC1CCCO1. The first-order valence-corrected chi connectivity index (χ1v) is 7.53. The van der Waals surface area contributed by atoms with Gasteiger partial charge in [-0.3, -0.25) is 14.8 Å². The van der Waals surface area contributed by atoms with Crippen molar-refractivity contribution < 1.29 is 13.2 Å². The van der Waals surface area contributed by atoms with Crippen molar-refractivity contribution in [3.63, 3.8) is 0 Å². The highest BCUT2D eigenvalue weighted by Gasteiger charge is 2.25. The second kappa shape index (κ2) is 5.17. The number of aryl methyl sites for hydroxylation is 1. The average molecular weight is 287 g/mol. The zero-order valence-corrected chi connectivity index (χ0v) is 11.4. The van der Waals surface area contributed by atoms with Gasteiger partial charge in [-0.15, -0.1) is 0 Å². The summed E-state index contributed by atoms with van der Waals surface area (Å²) in [7, 11) is -1.97. The van der Waals surface area contributed by atoms with Crippen LogP contribution < -0.4 is 10.5 Å². The van der Waals surface area contributed by atoms with Crippen LogP contribution in [0.2, 0.25) is 0 Å². The third kappa shape index (κ3) is 3.24. The summed E-state index contributed by atoms with van der Waals surface area (Å²) in [5, 5.41) is 11.3. The molecule has 1 unspecified atom stereocenters. The van der Waals surface area contributed by atoms with E-state index in [2.05, 4.69) is 9.82 Å². The number of aromatic nitrogens is 2. The molecule has 0 radical (unpaired) electrons. The number of hydrogen-bond donors (Lipinski definition) is 3. The first kappa shape index (κ1) is 13.8. The van der Waals surface area contributed by atoms with Crippen molar-refractivity contribution in [2.45, 2.75) is 18.9 Å². The van der Waals surface area contributed by atoms with Crippen molar-refractivity contribution in [1.29, 1.82) is 5.41 Å². The highest BCUT2D eigenvalue weighted by molar-refractivity contribution is 7.92. The van der Waals surface area contributed by atoms with E-state index in [1.807, 2.05) is 0 Å². The molecule has 106 valence electrons. The predicted molar refractivity (Wildman–Crippen MR) is 70.6 cm³/mol. The molecule has 1 aromatic rings. The summed E-state index contributed by atoms with van der Waals surface area (Å²) in [5.41, 5.74) is 5.64. The molecule has 1 fully saturated rings. The highest BCUT2D eigenvalue weighted by atomic mass is 32.2. The normalized spacial score (nSPS) is 19.5. The predicted octanol–water partition coefficient (Wildman–Crippen LogP) is -0.375. The molecule has 0 spiro atoms. The quantitative estimate of drug-likeness (QED) is 0.503. The summed E-state index contributed by atoms with van der Waals surface area (Å²) in [4.78, 5) is 0.